The number of fused-ring (bicyclic) bond motifs is 1. The first-order valence-corrected chi connectivity index (χ1v) is 11.0. The third kappa shape index (κ3) is 3.90. The van der Waals surface area contributed by atoms with Crippen molar-refractivity contribution in [2.75, 3.05) is 19.7 Å². The van der Waals surface area contributed by atoms with E-state index in [1.165, 1.54) is 4.57 Å². The Morgan fingerprint density at radius 3 is 2.85 bits per heavy atom. The van der Waals surface area contributed by atoms with E-state index in [2.05, 4.69) is 26.7 Å². The van der Waals surface area contributed by atoms with E-state index in [0.29, 0.717) is 30.1 Å². The minimum Gasteiger partial charge on any atom is -0.408 e. The number of hydrogen-bond acceptors (Lipinski definition) is 8. The van der Waals surface area contributed by atoms with Crippen molar-refractivity contribution < 1.29 is 13.9 Å². The van der Waals surface area contributed by atoms with Crippen LogP contribution in [-0.2, 0) is 22.0 Å². The van der Waals surface area contributed by atoms with Gasteiger partial charge in [0.05, 0.1) is 17.0 Å². The normalized spacial score (nSPS) is 20.5. The van der Waals surface area contributed by atoms with Crippen LogP contribution in [0, 0.1) is 11.3 Å². The zero-order chi connectivity index (χ0) is 23.0. The number of hydrogen-bond donors (Lipinski definition) is 2. The standard InChI is InChI=1S/C23H24N6O4/c1-29-16-9-14(3-4-17(16)33-22(29)31)15-11-26-21(27-12-15)23(5-6-23)19(10-24)28-20(30)18-13-25-7-2-8-32-18/h3-4,9,11-12,18-19,25H,2,5-8,13H2,1H3,(H,28,30)/t18-,19+/m0/s1. The number of aromatic nitrogens is 3. The highest BCUT2D eigenvalue weighted by molar-refractivity contribution is 5.82. The van der Waals surface area contributed by atoms with Gasteiger partial charge in [-0.05, 0) is 43.5 Å². The number of benzene rings is 1. The van der Waals surface area contributed by atoms with Gasteiger partial charge in [0, 0.05) is 38.2 Å². The third-order valence-electron chi connectivity index (χ3n) is 6.42. The van der Waals surface area contributed by atoms with Crippen LogP contribution in [0.25, 0.3) is 22.2 Å². The molecule has 2 atom stereocenters. The number of nitrogens with zero attached hydrogens (tertiary/aromatic N) is 4. The molecule has 2 N–H and O–H groups in total. The lowest BCUT2D eigenvalue weighted by Crippen LogP contribution is -2.49. The second-order valence-corrected chi connectivity index (χ2v) is 8.55. The Morgan fingerprint density at radius 1 is 1.33 bits per heavy atom. The number of ether oxygens (including phenoxy) is 1. The maximum atomic E-state index is 12.7. The van der Waals surface area contributed by atoms with E-state index in [1.807, 2.05) is 12.1 Å². The molecule has 0 bridgehead atoms. The average Bonchev–Trinajstić information content (AvgIpc) is 3.63. The lowest BCUT2D eigenvalue weighted by Gasteiger charge is -2.23. The first-order chi connectivity index (χ1) is 16.0. The molecule has 33 heavy (non-hydrogen) atoms. The lowest BCUT2D eigenvalue weighted by atomic mass is 9.95. The average molecular weight is 448 g/mol. The van der Waals surface area contributed by atoms with Gasteiger partial charge in [0.15, 0.2) is 5.58 Å². The minimum absolute atomic E-state index is 0.294. The molecule has 5 rings (SSSR count). The van der Waals surface area contributed by atoms with E-state index in [9.17, 15) is 14.9 Å². The highest BCUT2D eigenvalue weighted by atomic mass is 16.5. The van der Waals surface area contributed by atoms with Gasteiger partial charge in [-0.3, -0.25) is 9.36 Å². The summed E-state index contributed by atoms with van der Waals surface area (Å²) in [7, 11) is 1.65. The first kappa shape index (κ1) is 21.3. The van der Waals surface area contributed by atoms with Gasteiger partial charge in [-0.1, -0.05) is 6.07 Å². The number of rotatable bonds is 5. The largest absolute Gasteiger partial charge is 0.419 e. The Hall–Kier alpha value is -3.55. The van der Waals surface area contributed by atoms with Crippen molar-refractivity contribution in [3.8, 4) is 17.2 Å². The van der Waals surface area contributed by atoms with Crippen molar-refractivity contribution in [1.29, 1.82) is 5.26 Å². The third-order valence-corrected chi connectivity index (χ3v) is 6.42. The smallest absolute Gasteiger partial charge is 0.408 e. The molecule has 10 nitrogen and oxygen atoms in total. The number of nitrogens with one attached hydrogen (secondary N) is 2. The first-order valence-electron chi connectivity index (χ1n) is 11.0. The van der Waals surface area contributed by atoms with E-state index in [1.54, 1.807) is 25.5 Å². The topological polar surface area (TPSA) is 135 Å². The fraction of sp³-hybridized carbons (Fsp3) is 0.435. The van der Waals surface area contributed by atoms with Gasteiger partial charge in [-0.2, -0.15) is 5.26 Å². The zero-order valence-corrected chi connectivity index (χ0v) is 18.2. The summed E-state index contributed by atoms with van der Waals surface area (Å²) in [6, 6.07) is 6.94. The fourth-order valence-electron chi connectivity index (χ4n) is 4.23. The molecular weight excluding hydrogens is 424 g/mol. The van der Waals surface area contributed by atoms with Crippen LogP contribution >= 0.6 is 0 Å². The Bertz CT molecular complexity index is 1280. The number of amides is 1. The number of carbonyl (C=O) groups is 1. The molecule has 1 aliphatic carbocycles. The van der Waals surface area contributed by atoms with E-state index in [-0.39, 0.29) is 5.91 Å². The Labute approximate surface area is 189 Å². The molecule has 3 aromatic rings. The summed E-state index contributed by atoms with van der Waals surface area (Å²) in [5.74, 6) is -0.174. The number of carbonyl (C=O) groups excluding carboxylic acids is 1. The zero-order valence-electron chi connectivity index (χ0n) is 18.2. The summed E-state index contributed by atoms with van der Waals surface area (Å²) in [4.78, 5) is 33.5. The summed E-state index contributed by atoms with van der Waals surface area (Å²) in [5, 5.41) is 15.8. The molecule has 0 radical (unpaired) electrons. The number of oxazole rings is 1. The van der Waals surface area contributed by atoms with Crippen LogP contribution in [0.5, 0.6) is 0 Å². The van der Waals surface area contributed by atoms with Crippen molar-refractivity contribution in [3.63, 3.8) is 0 Å². The van der Waals surface area contributed by atoms with Crippen LogP contribution in [0.3, 0.4) is 0 Å². The van der Waals surface area contributed by atoms with Gasteiger partial charge in [0.1, 0.15) is 18.0 Å². The summed E-state index contributed by atoms with van der Waals surface area (Å²) >= 11 is 0. The molecule has 1 saturated carbocycles. The molecule has 2 fully saturated rings. The van der Waals surface area contributed by atoms with E-state index in [4.69, 9.17) is 9.15 Å². The molecule has 0 spiro atoms. The molecule has 1 saturated heterocycles. The molecule has 170 valence electrons. The summed E-state index contributed by atoms with van der Waals surface area (Å²) in [6.07, 6.45) is 5.08. The maximum absolute atomic E-state index is 12.7. The Balaban J connectivity index is 1.35. The second kappa shape index (κ2) is 8.42. The highest BCUT2D eigenvalue weighted by Crippen LogP contribution is 2.49. The highest BCUT2D eigenvalue weighted by Gasteiger charge is 2.54. The van der Waals surface area contributed by atoms with Crippen LogP contribution in [0.1, 0.15) is 25.1 Å². The van der Waals surface area contributed by atoms with Crippen molar-refractivity contribution in [1.82, 2.24) is 25.2 Å². The molecule has 3 heterocycles. The van der Waals surface area contributed by atoms with E-state index in [0.717, 1.165) is 36.9 Å². The summed E-state index contributed by atoms with van der Waals surface area (Å²) < 4.78 is 12.2. The van der Waals surface area contributed by atoms with Crippen molar-refractivity contribution in [2.24, 2.45) is 7.05 Å². The van der Waals surface area contributed by atoms with Gasteiger partial charge in [0.2, 0.25) is 0 Å². The SMILES string of the molecule is Cn1c(=O)oc2ccc(-c3cnc(C4([C@@H](C#N)NC(=O)[C@@H]5CNCCCO5)CC4)nc3)cc21. The van der Waals surface area contributed by atoms with Gasteiger partial charge < -0.3 is 19.8 Å². The molecule has 0 unspecified atom stereocenters. The Kier molecular flexibility index (Phi) is 5.44. The second-order valence-electron chi connectivity index (χ2n) is 8.55. The lowest BCUT2D eigenvalue weighted by molar-refractivity contribution is -0.132. The summed E-state index contributed by atoms with van der Waals surface area (Å²) in [6.45, 7) is 1.74. The van der Waals surface area contributed by atoms with E-state index < -0.39 is 23.3 Å². The molecular formula is C23H24N6O4. The molecule has 2 aliphatic rings. The van der Waals surface area contributed by atoms with Gasteiger partial charge in [-0.25, -0.2) is 14.8 Å². The van der Waals surface area contributed by atoms with Crippen molar-refractivity contribution >= 4 is 17.0 Å². The van der Waals surface area contributed by atoms with E-state index >= 15 is 0 Å². The molecule has 2 aromatic heterocycles. The molecule has 1 aromatic carbocycles. The minimum atomic E-state index is -0.737. The van der Waals surface area contributed by atoms with Crippen LogP contribution in [0.2, 0.25) is 0 Å². The van der Waals surface area contributed by atoms with Crippen molar-refractivity contribution in [3.05, 3.63) is 47.0 Å². The van der Waals surface area contributed by atoms with Crippen molar-refractivity contribution in [2.45, 2.75) is 36.8 Å². The Morgan fingerprint density at radius 2 is 2.12 bits per heavy atom. The quantitative estimate of drug-likeness (QED) is 0.590. The monoisotopic (exact) mass is 448 g/mol. The van der Waals surface area contributed by atoms with Crippen LogP contribution in [-0.4, -0.2) is 52.3 Å². The fourth-order valence-corrected chi connectivity index (χ4v) is 4.23. The number of nitriles is 1. The summed E-state index contributed by atoms with van der Waals surface area (Å²) in [5.41, 5.74) is 2.22. The molecule has 1 amide bonds. The molecule has 10 heteroatoms. The van der Waals surface area contributed by atoms with Crippen LogP contribution in [0.4, 0.5) is 0 Å². The van der Waals surface area contributed by atoms with Crippen LogP contribution in [0.15, 0.2) is 39.8 Å². The maximum Gasteiger partial charge on any atom is 0.419 e. The molecule has 1 aliphatic heterocycles. The van der Waals surface area contributed by atoms with Gasteiger partial charge in [-0.15, -0.1) is 0 Å². The van der Waals surface area contributed by atoms with Gasteiger partial charge >= 0.3 is 5.76 Å². The van der Waals surface area contributed by atoms with Gasteiger partial charge in [0.25, 0.3) is 5.91 Å². The predicted octanol–water partition coefficient (Wildman–Crippen LogP) is 1.01. The predicted molar refractivity (Wildman–Crippen MR) is 118 cm³/mol. The van der Waals surface area contributed by atoms with Crippen LogP contribution < -0.4 is 16.4 Å². The number of aryl methyl sites for hydroxylation is 1.